The first-order valence-electron chi connectivity index (χ1n) is 7.92. The van der Waals surface area contributed by atoms with Crippen LogP contribution >= 0.6 is 22.4 Å². The first-order valence-corrected chi connectivity index (χ1v) is 13.5. The normalized spacial score (nSPS) is 28.5. The molecule has 0 bridgehead atoms. The maximum Gasteiger partial charge on any atom is 0.488 e. The van der Waals surface area contributed by atoms with E-state index in [0.29, 0.717) is 0 Å². The van der Waals surface area contributed by atoms with E-state index < -0.39 is 53.5 Å². The van der Waals surface area contributed by atoms with Crippen molar-refractivity contribution in [3.8, 4) is 0 Å². The van der Waals surface area contributed by atoms with Crippen LogP contribution in [-0.2, 0) is 38.8 Å². The highest BCUT2D eigenvalue weighted by atomic mass is 32.5. The molecule has 0 amide bonds. The molecule has 17 nitrogen and oxygen atoms in total. The van der Waals surface area contributed by atoms with Crippen molar-refractivity contribution in [3.05, 3.63) is 12.7 Å². The maximum absolute atomic E-state index is 11.9. The number of aliphatic hydroxyl groups is 2. The van der Waals surface area contributed by atoms with Crippen LogP contribution in [0.25, 0.3) is 11.2 Å². The third-order valence-corrected chi connectivity index (χ3v) is 8.22. The molecule has 2 aromatic heterocycles. The molecule has 1 aliphatic heterocycles. The third kappa shape index (κ3) is 5.90. The number of anilines is 1. The van der Waals surface area contributed by atoms with Crippen molar-refractivity contribution in [2.24, 2.45) is 0 Å². The molecule has 174 valence electrons. The van der Waals surface area contributed by atoms with E-state index in [9.17, 15) is 29.1 Å². The van der Waals surface area contributed by atoms with E-state index in [1.807, 2.05) is 0 Å². The second-order valence-electron chi connectivity index (χ2n) is 6.02. The molecule has 3 rings (SSSR count). The molecule has 0 saturated carbocycles. The van der Waals surface area contributed by atoms with E-state index >= 15 is 0 Å². The Hall–Kier alpha value is -0.940. The number of ether oxygens (including phenoxy) is 1. The van der Waals surface area contributed by atoms with Crippen LogP contribution in [0.15, 0.2) is 12.7 Å². The summed E-state index contributed by atoms with van der Waals surface area (Å²) in [6.45, 7) is -5.61. The Morgan fingerprint density at radius 3 is 2.42 bits per heavy atom. The first kappa shape index (κ1) is 24.7. The first-order chi connectivity index (χ1) is 14.2. The van der Waals surface area contributed by atoms with E-state index in [1.165, 1.54) is 10.9 Å². The maximum atomic E-state index is 11.9. The van der Waals surface area contributed by atoms with Crippen molar-refractivity contribution in [1.82, 2.24) is 19.5 Å². The standard InChI is InChI=1S/C10H16N5O12P3S/c11-8-5-9(13-2-12-8)15(3-14-5)10-7(17)6(16)4(25-10)1-24-28(18,19)26-29(20,21)27-30(22,23)31/h2-4,6-7,10,16-17H,1H2,(H,18,19)(H,20,21)(H2,11,12,13)(H2,22,23,31)/t4-,6-,7-,10+/m0/s1. The van der Waals surface area contributed by atoms with Crippen LogP contribution in [0.4, 0.5) is 5.82 Å². The quantitative estimate of drug-likeness (QED) is 0.194. The Labute approximate surface area is 177 Å². The minimum atomic E-state index is -5.49. The molecule has 0 aromatic carbocycles. The molecular weight excluding hydrogens is 507 g/mol. The van der Waals surface area contributed by atoms with Gasteiger partial charge in [0.15, 0.2) is 17.7 Å². The van der Waals surface area contributed by atoms with Gasteiger partial charge in [-0.15, -0.1) is 0 Å². The van der Waals surface area contributed by atoms with Gasteiger partial charge in [0.05, 0.1) is 12.9 Å². The van der Waals surface area contributed by atoms with Gasteiger partial charge >= 0.3 is 22.4 Å². The van der Waals surface area contributed by atoms with Crippen LogP contribution in [0.1, 0.15) is 6.23 Å². The van der Waals surface area contributed by atoms with Gasteiger partial charge in [0.25, 0.3) is 0 Å². The summed E-state index contributed by atoms with van der Waals surface area (Å²) < 4.78 is 42.1. The topological polar surface area (TPSA) is 262 Å². The van der Waals surface area contributed by atoms with Crippen molar-refractivity contribution in [3.63, 3.8) is 0 Å². The molecule has 0 radical (unpaired) electrons. The highest BCUT2D eigenvalue weighted by Crippen LogP contribution is 2.66. The zero-order chi connectivity index (χ0) is 23.2. The van der Waals surface area contributed by atoms with Crippen LogP contribution in [0, 0.1) is 0 Å². The lowest BCUT2D eigenvalue weighted by molar-refractivity contribution is -0.0503. The fourth-order valence-corrected chi connectivity index (χ4v) is 6.41. The Kier molecular flexibility index (Phi) is 6.99. The molecule has 0 spiro atoms. The van der Waals surface area contributed by atoms with Crippen molar-refractivity contribution in [1.29, 1.82) is 0 Å². The second kappa shape index (κ2) is 8.78. The largest absolute Gasteiger partial charge is 0.488 e. The lowest BCUT2D eigenvalue weighted by Crippen LogP contribution is -2.33. The van der Waals surface area contributed by atoms with E-state index in [2.05, 4.69) is 39.9 Å². The fourth-order valence-electron chi connectivity index (χ4n) is 2.62. The minimum Gasteiger partial charge on any atom is -0.387 e. The van der Waals surface area contributed by atoms with Crippen molar-refractivity contribution in [2.75, 3.05) is 12.3 Å². The Morgan fingerprint density at radius 2 is 1.77 bits per heavy atom. The van der Waals surface area contributed by atoms with Crippen LogP contribution in [0.2, 0.25) is 0 Å². The van der Waals surface area contributed by atoms with Gasteiger partial charge in [-0.1, -0.05) is 0 Å². The molecule has 8 N–H and O–H groups in total. The van der Waals surface area contributed by atoms with Crippen LogP contribution in [0.3, 0.4) is 0 Å². The molecule has 2 unspecified atom stereocenters. The SMILES string of the molecule is Nc1ncnc2c1ncn2[C@@H]1O[C@@H](COP(=O)(O)OP(=O)(O)OP(O)(O)=S)[C@H](O)[C@@H]1O. The Balaban J connectivity index is 1.69. The second-order valence-corrected chi connectivity index (χ2v) is 11.9. The van der Waals surface area contributed by atoms with Gasteiger partial charge < -0.3 is 40.3 Å². The van der Waals surface area contributed by atoms with E-state index in [1.54, 1.807) is 0 Å². The Morgan fingerprint density at radius 1 is 1.10 bits per heavy atom. The van der Waals surface area contributed by atoms with Gasteiger partial charge in [-0.2, -0.15) is 4.31 Å². The zero-order valence-corrected chi connectivity index (χ0v) is 18.4. The van der Waals surface area contributed by atoms with E-state index in [-0.39, 0.29) is 17.0 Å². The lowest BCUT2D eigenvalue weighted by atomic mass is 10.1. The number of phosphoric acid groups is 2. The van der Waals surface area contributed by atoms with Crippen molar-refractivity contribution >= 4 is 51.2 Å². The lowest BCUT2D eigenvalue weighted by Gasteiger charge is -2.19. The monoisotopic (exact) mass is 523 g/mol. The summed E-state index contributed by atoms with van der Waals surface area (Å²) in [6.07, 6.45) is -3.53. The van der Waals surface area contributed by atoms with Gasteiger partial charge in [0.2, 0.25) is 0 Å². The highest BCUT2D eigenvalue weighted by molar-refractivity contribution is 8.08. The average Bonchev–Trinajstić information content (AvgIpc) is 3.13. The van der Waals surface area contributed by atoms with Crippen molar-refractivity contribution in [2.45, 2.75) is 24.5 Å². The number of rotatable bonds is 8. The molecule has 0 aliphatic carbocycles. The van der Waals surface area contributed by atoms with Gasteiger partial charge in [0.1, 0.15) is 30.2 Å². The van der Waals surface area contributed by atoms with Crippen molar-refractivity contribution < 1.29 is 56.8 Å². The number of nitrogens with two attached hydrogens (primary N) is 1. The predicted octanol–water partition coefficient (Wildman–Crippen LogP) is -1.51. The number of aliphatic hydroxyl groups excluding tert-OH is 2. The molecule has 1 fully saturated rings. The summed E-state index contributed by atoms with van der Waals surface area (Å²) in [7, 11) is -10.8. The number of nitrogen functional groups attached to an aromatic ring is 1. The average molecular weight is 523 g/mol. The summed E-state index contributed by atoms with van der Waals surface area (Å²) in [6, 6.07) is 0. The predicted molar refractivity (Wildman–Crippen MR) is 102 cm³/mol. The zero-order valence-electron chi connectivity index (χ0n) is 14.9. The number of aromatic nitrogens is 4. The van der Waals surface area contributed by atoms with Crippen LogP contribution in [0.5, 0.6) is 0 Å². The number of fused-ring (bicyclic) bond motifs is 1. The van der Waals surface area contributed by atoms with Gasteiger partial charge in [-0.25, -0.2) is 28.4 Å². The van der Waals surface area contributed by atoms with Gasteiger partial charge in [-0.3, -0.25) is 9.09 Å². The summed E-state index contributed by atoms with van der Waals surface area (Å²) in [4.78, 5) is 48.2. The minimum absolute atomic E-state index is 0.0574. The number of imidazole rings is 1. The molecule has 1 saturated heterocycles. The van der Waals surface area contributed by atoms with Crippen LogP contribution in [-0.4, -0.2) is 74.2 Å². The van der Waals surface area contributed by atoms with Gasteiger partial charge in [0, 0.05) is 0 Å². The summed E-state index contributed by atoms with van der Waals surface area (Å²) in [5.41, 5.74) is 6.05. The summed E-state index contributed by atoms with van der Waals surface area (Å²) in [5.74, 6) is 0.0574. The van der Waals surface area contributed by atoms with E-state index in [4.69, 9.17) is 20.3 Å². The molecule has 21 heteroatoms. The Bertz CT molecular complexity index is 1110. The van der Waals surface area contributed by atoms with Gasteiger partial charge in [-0.05, 0) is 11.8 Å². The fraction of sp³-hybridized carbons (Fsp3) is 0.500. The molecule has 6 atom stereocenters. The number of hydrogen-bond donors (Lipinski definition) is 7. The molecular formula is C10H16N5O12P3S. The smallest absolute Gasteiger partial charge is 0.387 e. The molecule has 2 aromatic rings. The molecule has 3 heterocycles. The number of nitrogens with zero attached hydrogens (tertiary/aromatic N) is 4. The number of hydrogen-bond acceptors (Lipinski definition) is 13. The third-order valence-electron chi connectivity index (χ3n) is 3.82. The summed E-state index contributed by atoms with van der Waals surface area (Å²) >= 11 is 3.97. The number of phosphoric ester groups is 1. The molecule has 31 heavy (non-hydrogen) atoms. The summed E-state index contributed by atoms with van der Waals surface area (Å²) in [5, 5.41) is 20.5. The van der Waals surface area contributed by atoms with E-state index in [0.717, 1.165) is 6.33 Å². The molecule has 1 aliphatic rings. The highest BCUT2D eigenvalue weighted by Gasteiger charge is 2.46. The van der Waals surface area contributed by atoms with Crippen LogP contribution < -0.4 is 5.73 Å².